The van der Waals surface area contributed by atoms with Crippen LogP contribution in [0.1, 0.15) is 16.7 Å². The van der Waals surface area contributed by atoms with Crippen molar-refractivity contribution in [2.75, 3.05) is 5.32 Å². The molecule has 1 heterocycles. The van der Waals surface area contributed by atoms with Crippen molar-refractivity contribution in [1.29, 1.82) is 5.26 Å². The summed E-state index contributed by atoms with van der Waals surface area (Å²) in [4.78, 5) is 4.00. The van der Waals surface area contributed by atoms with Crippen LogP contribution in [-0.4, -0.2) is 4.98 Å². The third-order valence-electron chi connectivity index (χ3n) is 2.67. The van der Waals surface area contributed by atoms with Crippen LogP contribution in [0.4, 0.5) is 5.69 Å². The molecule has 1 N–H and O–H groups in total. The lowest BCUT2D eigenvalue weighted by Gasteiger charge is -2.11. The van der Waals surface area contributed by atoms with Gasteiger partial charge < -0.3 is 5.32 Å². The van der Waals surface area contributed by atoms with Gasteiger partial charge in [-0.3, -0.25) is 0 Å². The first-order valence-corrected chi connectivity index (χ1v) is 6.41. The van der Waals surface area contributed by atoms with Gasteiger partial charge in [0.15, 0.2) is 5.15 Å². The molecule has 1 aromatic heterocycles. The van der Waals surface area contributed by atoms with Gasteiger partial charge >= 0.3 is 0 Å². The van der Waals surface area contributed by atoms with Crippen LogP contribution in [0.15, 0.2) is 30.3 Å². The number of nitrogens with zero attached hydrogens (tertiary/aromatic N) is 2. The average molecular weight is 292 g/mol. The van der Waals surface area contributed by atoms with Gasteiger partial charge in [-0.25, -0.2) is 4.98 Å². The number of anilines is 1. The molecule has 1 aromatic carbocycles. The maximum atomic E-state index is 8.85. The van der Waals surface area contributed by atoms with Gasteiger partial charge in [-0.1, -0.05) is 35.3 Å². The van der Waals surface area contributed by atoms with E-state index in [9.17, 15) is 0 Å². The van der Waals surface area contributed by atoms with Crippen LogP contribution in [-0.2, 0) is 6.54 Å². The van der Waals surface area contributed by atoms with Crippen LogP contribution in [0.3, 0.4) is 0 Å². The Bertz CT molecular complexity index is 624. The summed E-state index contributed by atoms with van der Waals surface area (Å²) in [5.74, 6) is 0. The summed E-state index contributed by atoms with van der Waals surface area (Å²) < 4.78 is 0. The van der Waals surface area contributed by atoms with Crippen molar-refractivity contribution in [3.05, 3.63) is 57.3 Å². The fraction of sp³-hybridized carbons (Fsp3) is 0.143. The summed E-state index contributed by atoms with van der Waals surface area (Å²) in [7, 11) is 0. The second-order valence-electron chi connectivity index (χ2n) is 4.09. The Morgan fingerprint density at radius 1 is 1.32 bits per heavy atom. The van der Waals surface area contributed by atoms with E-state index in [4.69, 9.17) is 28.5 Å². The summed E-state index contributed by atoms with van der Waals surface area (Å²) in [5.41, 5.74) is 3.33. The maximum Gasteiger partial charge on any atom is 0.154 e. The predicted molar refractivity (Wildman–Crippen MR) is 77.5 cm³/mol. The van der Waals surface area contributed by atoms with Crippen molar-refractivity contribution in [2.45, 2.75) is 13.5 Å². The standard InChI is InChI=1S/C14H11Cl2N3/c1-9-5-12(15)19-14(16)13(9)18-8-11-4-2-3-10(6-11)7-17/h2-6,18H,8H2,1H3. The van der Waals surface area contributed by atoms with E-state index in [1.54, 1.807) is 12.1 Å². The summed E-state index contributed by atoms with van der Waals surface area (Å²) in [5, 5.41) is 12.8. The van der Waals surface area contributed by atoms with E-state index in [0.29, 0.717) is 22.4 Å². The molecule has 0 saturated heterocycles. The third kappa shape index (κ3) is 3.37. The molecule has 0 spiro atoms. The molecule has 0 aliphatic rings. The lowest BCUT2D eigenvalue weighted by molar-refractivity contribution is 1.12. The highest BCUT2D eigenvalue weighted by Gasteiger charge is 2.07. The minimum absolute atomic E-state index is 0.349. The molecule has 0 fully saturated rings. The zero-order chi connectivity index (χ0) is 13.8. The van der Waals surface area contributed by atoms with Gasteiger partial charge in [0.25, 0.3) is 0 Å². The fourth-order valence-electron chi connectivity index (χ4n) is 1.75. The Morgan fingerprint density at radius 2 is 2.11 bits per heavy atom. The molecule has 0 aliphatic heterocycles. The van der Waals surface area contributed by atoms with Gasteiger partial charge in [0.2, 0.25) is 0 Å². The zero-order valence-corrected chi connectivity index (χ0v) is 11.8. The largest absolute Gasteiger partial charge is 0.378 e. The number of halogens is 2. The van der Waals surface area contributed by atoms with Gasteiger partial charge in [0, 0.05) is 6.54 Å². The number of nitriles is 1. The van der Waals surface area contributed by atoms with Gasteiger partial charge in [0.05, 0.1) is 17.3 Å². The van der Waals surface area contributed by atoms with E-state index in [2.05, 4.69) is 16.4 Å². The molecule has 0 amide bonds. The lowest BCUT2D eigenvalue weighted by atomic mass is 10.1. The molecule has 0 radical (unpaired) electrons. The molecule has 96 valence electrons. The molecular weight excluding hydrogens is 281 g/mol. The minimum atomic E-state index is 0.349. The number of hydrogen-bond acceptors (Lipinski definition) is 3. The Morgan fingerprint density at radius 3 is 2.79 bits per heavy atom. The van der Waals surface area contributed by atoms with Crippen molar-refractivity contribution in [1.82, 2.24) is 4.98 Å². The molecule has 5 heteroatoms. The molecule has 2 rings (SSSR count). The number of benzene rings is 1. The zero-order valence-electron chi connectivity index (χ0n) is 10.2. The summed E-state index contributed by atoms with van der Waals surface area (Å²) in [6.45, 7) is 2.48. The molecule has 0 bridgehead atoms. The molecule has 0 aliphatic carbocycles. The molecule has 0 atom stereocenters. The monoisotopic (exact) mass is 291 g/mol. The van der Waals surface area contributed by atoms with Crippen LogP contribution in [0.2, 0.25) is 10.3 Å². The average Bonchev–Trinajstić information content (AvgIpc) is 2.37. The highest BCUT2D eigenvalue weighted by molar-refractivity contribution is 6.34. The van der Waals surface area contributed by atoms with Crippen LogP contribution in [0, 0.1) is 18.3 Å². The van der Waals surface area contributed by atoms with Gasteiger partial charge in [-0.05, 0) is 36.2 Å². The van der Waals surface area contributed by atoms with E-state index < -0.39 is 0 Å². The van der Waals surface area contributed by atoms with Gasteiger partial charge in [0.1, 0.15) is 5.15 Å². The molecule has 0 unspecified atom stereocenters. The van der Waals surface area contributed by atoms with E-state index in [0.717, 1.165) is 16.8 Å². The first-order chi connectivity index (χ1) is 9.10. The Labute approximate surface area is 121 Å². The fourth-order valence-corrected chi connectivity index (χ4v) is 2.35. The normalized spacial score (nSPS) is 10.0. The third-order valence-corrected chi connectivity index (χ3v) is 3.13. The lowest BCUT2D eigenvalue weighted by Crippen LogP contribution is -2.03. The summed E-state index contributed by atoms with van der Waals surface area (Å²) in [6, 6.07) is 11.3. The molecule has 3 nitrogen and oxygen atoms in total. The Hall–Kier alpha value is -1.76. The number of pyridine rings is 1. The molecule has 2 aromatic rings. The number of rotatable bonds is 3. The highest BCUT2D eigenvalue weighted by Crippen LogP contribution is 2.26. The molecule has 19 heavy (non-hydrogen) atoms. The van der Waals surface area contributed by atoms with Crippen LogP contribution in [0.25, 0.3) is 0 Å². The van der Waals surface area contributed by atoms with E-state index >= 15 is 0 Å². The molecular formula is C14H11Cl2N3. The maximum absolute atomic E-state index is 8.85. The van der Waals surface area contributed by atoms with Crippen molar-refractivity contribution >= 4 is 28.9 Å². The van der Waals surface area contributed by atoms with Crippen molar-refractivity contribution in [3.63, 3.8) is 0 Å². The summed E-state index contributed by atoms with van der Waals surface area (Å²) >= 11 is 11.9. The smallest absolute Gasteiger partial charge is 0.154 e. The number of hydrogen-bond donors (Lipinski definition) is 1. The second-order valence-corrected chi connectivity index (χ2v) is 4.84. The van der Waals surface area contributed by atoms with Gasteiger partial charge in [-0.2, -0.15) is 5.26 Å². The Kier molecular flexibility index (Phi) is 4.26. The van der Waals surface area contributed by atoms with Crippen molar-refractivity contribution in [3.8, 4) is 6.07 Å². The van der Waals surface area contributed by atoms with Gasteiger partial charge in [-0.15, -0.1) is 0 Å². The Balaban J connectivity index is 2.17. The van der Waals surface area contributed by atoms with E-state index in [1.807, 2.05) is 25.1 Å². The van der Waals surface area contributed by atoms with Crippen molar-refractivity contribution in [2.24, 2.45) is 0 Å². The number of nitrogens with one attached hydrogen (secondary N) is 1. The van der Waals surface area contributed by atoms with Crippen LogP contribution >= 0.6 is 23.2 Å². The van der Waals surface area contributed by atoms with E-state index in [-0.39, 0.29) is 0 Å². The summed E-state index contributed by atoms with van der Waals surface area (Å²) in [6.07, 6.45) is 0. The minimum Gasteiger partial charge on any atom is -0.378 e. The SMILES string of the molecule is Cc1cc(Cl)nc(Cl)c1NCc1cccc(C#N)c1. The first-order valence-electron chi connectivity index (χ1n) is 5.65. The quantitative estimate of drug-likeness (QED) is 0.863. The highest BCUT2D eigenvalue weighted by atomic mass is 35.5. The van der Waals surface area contributed by atoms with Crippen molar-refractivity contribution < 1.29 is 0 Å². The second kappa shape index (κ2) is 5.92. The first kappa shape index (κ1) is 13.7. The number of aryl methyl sites for hydroxylation is 1. The molecule has 0 saturated carbocycles. The predicted octanol–water partition coefficient (Wildman–Crippen LogP) is 4.18. The van der Waals surface area contributed by atoms with Crippen LogP contribution in [0.5, 0.6) is 0 Å². The van der Waals surface area contributed by atoms with Crippen LogP contribution < -0.4 is 5.32 Å². The van der Waals surface area contributed by atoms with E-state index in [1.165, 1.54) is 0 Å². The topological polar surface area (TPSA) is 48.7 Å². The number of aromatic nitrogens is 1.